The molecule has 0 aliphatic carbocycles. The van der Waals surface area contributed by atoms with Crippen molar-refractivity contribution in [3.8, 4) is 5.75 Å². The summed E-state index contributed by atoms with van der Waals surface area (Å²) in [6.07, 6.45) is 3.67. The number of rotatable bonds is 7. The van der Waals surface area contributed by atoms with Crippen molar-refractivity contribution in [1.82, 2.24) is 19.9 Å². The van der Waals surface area contributed by atoms with Gasteiger partial charge in [-0.15, -0.1) is 0 Å². The van der Waals surface area contributed by atoms with Crippen molar-refractivity contribution in [2.24, 2.45) is 0 Å². The zero-order valence-electron chi connectivity index (χ0n) is 13.3. The normalized spacial score (nSPS) is 11.1. The molecule has 0 saturated carbocycles. The number of imidazole rings is 1. The Morgan fingerprint density at radius 1 is 1.33 bits per heavy atom. The highest BCUT2D eigenvalue weighted by molar-refractivity contribution is 5.29. The second kappa shape index (κ2) is 7.22. The van der Waals surface area contributed by atoms with Crippen molar-refractivity contribution in [3.63, 3.8) is 0 Å². The largest absolute Gasteiger partial charge is 0.485 e. The zero-order chi connectivity index (χ0) is 15.2. The van der Waals surface area contributed by atoms with E-state index in [9.17, 15) is 0 Å². The molecule has 0 aromatic carbocycles. The maximum absolute atomic E-state index is 5.95. The molecular formula is C16H24N4O. The highest BCUT2D eigenvalue weighted by atomic mass is 16.5. The van der Waals surface area contributed by atoms with Gasteiger partial charge in [0.15, 0.2) is 0 Å². The molecule has 114 valence electrons. The van der Waals surface area contributed by atoms with E-state index in [1.165, 1.54) is 0 Å². The van der Waals surface area contributed by atoms with Crippen molar-refractivity contribution < 1.29 is 4.74 Å². The van der Waals surface area contributed by atoms with E-state index in [4.69, 9.17) is 4.74 Å². The Morgan fingerprint density at radius 3 is 2.86 bits per heavy atom. The summed E-state index contributed by atoms with van der Waals surface area (Å²) >= 11 is 0. The van der Waals surface area contributed by atoms with Crippen LogP contribution in [0, 0.1) is 6.92 Å². The second-order valence-corrected chi connectivity index (χ2v) is 5.39. The Bertz CT molecular complexity index is 577. The molecule has 5 heteroatoms. The van der Waals surface area contributed by atoms with Gasteiger partial charge in [-0.1, -0.05) is 13.8 Å². The van der Waals surface area contributed by atoms with Crippen LogP contribution in [0.4, 0.5) is 0 Å². The van der Waals surface area contributed by atoms with Gasteiger partial charge in [-0.25, -0.2) is 4.98 Å². The smallest absolute Gasteiger partial charge is 0.142 e. The topological polar surface area (TPSA) is 52.0 Å². The van der Waals surface area contributed by atoms with Crippen molar-refractivity contribution >= 4 is 0 Å². The molecule has 0 unspecified atom stereocenters. The molecular weight excluding hydrogens is 264 g/mol. The summed E-state index contributed by atoms with van der Waals surface area (Å²) in [5.41, 5.74) is 3.02. The minimum atomic E-state index is 0.418. The minimum Gasteiger partial charge on any atom is -0.485 e. The number of nitrogens with one attached hydrogen (secondary N) is 1. The van der Waals surface area contributed by atoms with Crippen molar-refractivity contribution in [3.05, 3.63) is 41.7 Å². The molecule has 0 saturated heterocycles. The third kappa shape index (κ3) is 4.29. The Balaban J connectivity index is 2.08. The van der Waals surface area contributed by atoms with Gasteiger partial charge in [-0.3, -0.25) is 4.98 Å². The van der Waals surface area contributed by atoms with E-state index < -0.39 is 0 Å². The Labute approximate surface area is 126 Å². The summed E-state index contributed by atoms with van der Waals surface area (Å²) in [5.74, 6) is 0.831. The summed E-state index contributed by atoms with van der Waals surface area (Å²) in [7, 11) is 0. The van der Waals surface area contributed by atoms with Gasteiger partial charge in [0.1, 0.15) is 12.4 Å². The van der Waals surface area contributed by atoms with Crippen molar-refractivity contribution in [2.75, 3.05) is 0 Å². The van der Waals surface area contributed by atoms with Gasteiger partial charge in [0.05, 0.1) is 23.9 Å². The Morgan fingerprint density at radius 2 is 2.14 bits per heavy atom. The van der Waals surface area contributed by atoms with Gasteiger partial charge in [-0.2, -0.15) is 0 Å². The molecule has 2 heterocycles. The lowest BCUT2D eigenvalue weighted by Gasteiger charge is -2.14. The zero-order valence-corrected chi connectivity index (χ0v) is 13.3. The highest BCUT2D eigenvalue weighted by Gasteiger charge is 2.08. The van der Waals surface area contributed by atoms with Gasteiger partial charge in [-0.05, 0) is 26.0 Å². The molecule has 0 fully saturated rings. The predicted molar refractivity (Wildman–Crippen MR) is 83.2 cm³/mol. The molecule has 2 rings (SSSR count). The van der Waals surface area contributed by atoms with E-state index in [1.807, 2.05) is 31.6 Å². The minimum absolute atomic E-state index is 0.418. The quantitative estimate of drug-likeness (QED) is 0.851. The fourth-order valence-corrected chi connectivity index (χ4v) is 2.06. The van der Waals surface area contributed by atoms with Gasteiger partial charge in [0.25, 0.3) is 0 Å². The Kier molecular flexibility index (Phi) is 5.33. The second-order valence-electron chi connectivity index (χ2n) is 5.39. The number of nitrogens with zero attached hydrogens (tertiary/aromatic N) is 3. The van der Waals surface area contributed by atoms with Crippen LogP contribution in [0.2, 0.25) is 0 Å². The van der Waals surface area contributed by atoms with Crippen LogP contribution in [-0.2, 0) is 19.7 Å². The molecule has 0 spiro atoms. The number of aromatic nitrogens is 3. The molecule has 0 atom stereocenters. The van der Waals surface area contributed by atoms with Gasteiger partial charge in [0.2, 0.25) is 0 Å². The first-order valence-corrected chi connectivity index (χ1v) is 7.41. The first kappa shape index (κ1) is 15.5. The van der Waals surface area contributed by atoms with Crippen LogP contribution < -0.4 is 10.1 Å². The molecule has 0 aliphatic heterocycles. The lowest BCUT2D eigenvalue weighted by atomic mass is 10.2. The Hall–Kier alpha value is -1.88. The molecule has 21 heavy (non-hydrogen) atoms. The highest BCUT2D eigenvalue weighted by Crippen LogP contribution is 2.18. The summed E-state index contributed by atoms with van der Waals surface area (Å²) in [6.45, 7) is 10.4. The number of aryl methyl sites for hydroxylation is 2. The molecule has 0 radical (unpaired) electrons. The molecule has 0 bridgehead atoms. The van der Waals surface area contributed by atoms with E-state index in [1.54, 1.807) is 0 Å². The third-order valence-electron chi connectivity index (χ3n) is 3.26. The number of hydrogen-bond donors (Lipinski definition) is 1. The summed E-state index contributed by atoms with van der Waals surface area (Å²) < 4.78 is 8.03. The summed E-state index contributed by atoms with van der Waals surface area (Å²) in [6, 6.07) is 4.39. The van der Waals surface area contributed by atoms with Crippen LogP contribution in [0.25, 0.3) is 0 Å². The lowest BCUT2D eigenvalue weighted by molar-refractivity contribution is 0.289. The van der Waals surface area contributed by atoms with Crippen LogP contribution in [-0.4, -0.2) is 20.6 Å². The summed E-state index contributed by atoms with van der Waals surface area (Å²) in [4.78, 5) is 8.73. The third-order valence-corrected chi connectivity index (χ3v) is 3.26. The van der Waals surface area contributed by atoms with Crippen LogP contribution in [0.1, 0.15) is 37.9 Å². The molecule has 5 nitrogen and oxygen atoms in total. The molecule has 1 N–H and O–H groups in total. The fraction of sp³-hybridized carbons (Fsp3) is 0.500. The average molecular weight is 288 g/mol. The van der Waals surface area contributed by atoms with Crippen molar-refractivity contribution in [2.45, 2.75) is 53.4 Å². The predicted octanol–water partition coefficient (Wildman–Crippen LogP) is 2.68. The van der Waals surface area contributed by atoms with E-state index in [2.05, 4.69) is 40.6 Å². The molecule has 2 aromatic heterocycles. The van der Waals surface area contributed by atoms with Crippen LogP contribution in [0.15, 0.2) is 24.7 Å². The van der Waals surface area contributed by atoms with Gasteiger partial charge >= 0.3 is 0 Å². The maximum atomic E-state index is 5.95. The first-order valence-electron chi connectivity index (χ1n) is 7.41. The standard InChI is InChI=1S/C16H24N4O/c1-5-20-11-17-8-14(20)10-21-16-7-6-13(4)19-15(16)9-18-12(2)3/h6-8,11-12,18H,5,9-10H2,1-4H3. The maximum Gasteiger partial charge on any atom is 0.142 e. The van der Waals surface area contributed by atoms with E-state index in [-0.39, 0.29) is 0 Å². The monoisotopic (exact) mass is 288 g/mol. The van der Waals surface area contributed by atoms with Crippen LogP contribution >= 0.6 is 0 Å². The SMILES string of the molecule is CCn1cncc1COc1ccc(C)nc1CNC(C)C. The van der Waals surface area contributed by atoms with Gasteiger partial charge in [0, 0.05) is 24.8 Å². The lowest BCUT2D eigenvalue weighted by Crippen LogP contribution is -2.23. The average Bonchev–Trinajstić information content (AvgIpc) is 2.91. The first-order chi connectivity index (χ1) is 10.1. The van der Waals surface area contributed by atoms with Crippen molar-refractivity contribution in [1.29, 1.82) is 0 Å². The number of pyridine rings is 1. The summed E-state index contributed by atoms with van der Waals surface area (Å²) in [5, 5.41) is 3.39. The van der Waals surface area contributed by atoms with E-state index in [0.717, 1.165) is 29.4 Å². The van der Waals surface area contributed by atoms with Crippen LogP contribution in [0.3, 0.4) is 0 Å². The number of hydrogen-bond acceptors (Lipinski definition) is 4. The fourth-order valence-electron chi connectivity index (χ4n) is 2.06. The van der Waals surface area contributed by atoms with Gasteiger partial charge < -0.3 is 14.6 Å². The molecule has 0 amide bonds. The van der Waals surface area contributed by atoms with Crippen LogP contribution in [0.5, 0.6) is 5.75 Å². The van der Waals surface area contributed by atoms with E-state index in [0.29, 0.717) is 19.2 Å². The molecule has 2 aromatic rings. The van der Waals surface area contributed by atoms with E-state index >= 15 is 0 Å². The number of ether oxygens (including phenoxy) is 1. The molecule has 0 aliphatic rings.